The first-order valence-electron chi connectivity index (χ1n) is 6.65. The normalized spacial score (nSPS) is 14.7. The van der Waals surface area contributed by atoms with E-state index in [1.807, 2.05) is 30.3 Å². The van der Waals surface area contributed by atoms with Crippen LogP contribution in [0.5, 0.6) is 0 Å². The Labute approximate surface area is 111 Å². The number of hydrogen-bond acceptors (Lipinski definition) is 2. The summed E-state index contributed by atoms with van der Waals surface area (Å²) in [7, 11) is 0. The van der Waals surface area contributed by atoms with Gasteiger partial charge in [-0.25, -0.2) is 9.78 Å². The third kappa shape index (κ3) is 2.14. The van der Waals surface area contributed by atoms with E-state index >= 15 is 0 Å². The Balaban J connectivity index is 2.17. The zero-order valence-corrected chi connectivity index (χ0v) is 10.7. The predicted molar refractivity (Wildman–Crippen MR) is 72.2 cm³/mol. The minimum absolute atomic E-state index is 0.223. The molecule has 0 fully saturated rings. The molecule has 1 N–H and O–H groups in total. The summed E-state index contributed by atoms with van der Waals surface area (Å²) in [6.45, 7) is 0.861. The van der Waals surface area contributed by atoms with Crippen LogP contribution in [0.4, 0.5) is 0 Å². The van der Waals surface area contributed by atoms with E-state index in [1.165, 1.54) is 0 Å². The zero-order valence-electron chi connectivity index (χ0n) is 10.7. The van der Waals surface area contributed by atoms with Crippen LogP contribution in [0.3, 0.4) is 0 Å². The monoisotopic (exact) mass is 256 g/mol. The molecule has 0 saturated carbocycles. The molecule has 0 amide bonds. The number of carbonyl (C=O) groups is 1. The lowest BCUT2D eigenvalue weighted by Crippen LogP contribution is -2.06. The molecule has 19 heavy (non-hydrogen) atoms. The topological polar surface area (TPSA) is 55.1 Å². The molecule has 0 saturated heterocycles. The minimum Gasteiger partial charge on any atom is -0.476 e. The van der Waals surface area contributed by atoms with Crippen molar-refractivity contribution in [2.75, 3.05) is 0 Å². The van der Waals surface area contributed by atoms with Gasteiger partial charge in [0.1, 0.15) is 5.82 Å². The van der Waals surface area contributed by atoms with E-state index in [1.54, 1.807) is 0 Å². The highest BCUT2D eigenvalue weighted by Crippen LogP contribution is 2.26. The molecule has 2 heterocycles. The highest BCUT2D eigenvalue weighted by atomic mass is 16.4. The quantitative estimate of drug-likeness (QED) is 0.898. The molecular weight excluding hydrogens is 240 g/mol. The number of carboxylic acid groups (broad SMARTS) is 1. The van der Waals surface area contributed by atoms with E-state index in [0.29, 0.717) is 0 Å². The number of fused-ring (bicyclic) bond motifs is 1. The molecule has 98 valence electrons. The van der Waals surface area contributed by atoms with Gasteiger partial charge in [-0.1, -0.05) is 36.8 Å². The van der Waals surface area contributed by atoms with E-state index in [2.05, 4.69) is 9.55 Å². The molecule has 0 aliphatic carbocycles. The summed E-state index contributed by atoms with van der Waals surface area (Å²) in [6.07, 6.45) is 4.08. The summed E-state index contributed by atoms with van der Waals surface area (Å²) in [5.74, 6) is -0.136. The number of carboxylic acids is 1. The Morgan fingerprint density at radius 2 is 1.95 bits per heavy atom. The smallest absolute Gasteiger partial charge is 0.356 e. The Kier molecular flexibility index (Phi) is 3.07. The van der Waals surface area contributed by atoms with E-state index in [9.17, 15) is 9.90 Å². The molecule has 0 spiro atoms. The number of aromatic carboxylic acids is 1. The highest BCUT2D eigenvalue weighted by molar-refractivity contribution is 5.88. The van der Waals surface area contributed by atoms with Crippen molar-refractivity contribution >= 4 is 5.97 Å². The van der Waals surface area contributed by atoms with Crippen LogP contribution in [0.15, 0.2) is 30.3 Å². The van der Waals surface area contributed by atoms with Gasteiger partial charge < -0.3 is 9.67 Å². The van der Waals surface area contributed by atoms with Gasteiger partial charge in [0.25, 0.3) is 0 Å². The number of nitrogens with zero attached hydrogens (tertiary/aromatic N) is 2. The van der Waals surface area contributed by atoms with Gasteiger partial charge >= 0.3 is 5.97 Å². The molecule has 4 heteroatoms. The Morgan fingerprint density at radius 1 is 1.16 bits per heavy atom. The van der Waals surface area contributed by atoms with Crippen LogP contribution in [0, 0.1) is 0 Å². The molecule has 1 aromatic carbocycles. The summed E-state index contributed by atoms with van der Waals surface area (Å²) < 4.78 is 2.09. The average Bonchev–Trinajstić information content (AvgIpc) is 2.62. The maximum atomic E-state index is 11.4. The summed E-state index contributed by atoms with van der Waals surface area (Å²) >= 11 is 0. The molecule has 1 aliphatic rings. The summed E-state index contributed by atoms with van der Waals surface area (Å²) in [6, 6.07) is 9.81. The van der Waals surface area contributed by atoms with Crippen molar-refractivity contribution in [2.24, 2.45) is 0 Å². The Hall–Kier alpha value is -2.10. The molecule has 2 aromatic rings. The molecule has 0 radical (unpaired) electrons. The molecule has 0 atom stereocenters. The van der Waals surface area contributed by atoms with Crippen molar-refractivity contribution in [3.8, 4) is 11.4 Å². The molecule has 0 bridgehead atoms. The van der Waals surface area contributed by atoms with Crippen molar-refractivity contribution in [1.29, 1.82) is 0 Å². The van der Waals surface area contributed by atoms with Gasteiger partial charge in [0.15, 0.2) is 5.69 Å². The van der Waals surface area contributed by atoms with E-state index in [4.69, 9.17) is 0 Å². The Bertz CT molecular complexity index is 602. The lowest BCUT2D eigenvalue weighted by atomic mass is 10.1. The first-order chi connectivity index (χ1) is 9.27. The molecule has 1 aromatic heterocycles. The SMILES string of the molecule is O=C(O)c1nc(-c2ccccc2)n2c1CCCCC2. The fourth-order valence-corrected chi connectivity index (χ4v) is 2.70. The molecule has 0 unspecified atom stereocenters. The van der Waals surface area contributed by atoms with Gasteiger partial charge in [-0.3, -0.25) is 0 Å². The van der Waals surface area contributed by atoms with Crippen LogP contribution >= 0.6 is 0 Å². The number of rotatable bonds is 2. The van der Waals surface area contributed by atoms with Crippen LogP contribution in [-0.4, -0.2) is 20.6 Å². The summed E-state index contributed by atoms with van der Waals surface area (Å²) in [5.41, 5.74) is 2.09. The second-order valence-electron chi connectivity index (χ2n) is 4.86. The van der Waals surface area contributed by atoms with E-state index in [0.717, 1.165) is 49.3 Å². The van der Waals surface area contributed by atoms with Crippen LogP contribution in [0.2, 0.25) is 0 Å². The first kappa shape index (κ1) is 12.0. The number of aromatic nitrogens is 2. The fraction of sp³-hybridized carbons (Fsp3) is 0.333. The van der Waals surface area contributed by atoms with Crippen LogP contribution in [0.25, 0.3) is 11.4 Å². The molecule has 1 aliphatic heterocycles. The molecular formula is C15H16N2O2. The third-order valence-electron chi connectivity index (χ3n) is 3.60. The van der Waals surface area contributed by atoms with Gasteiger partial charge in [0.2, 0.25) is 0 Å². The van der Waals surface area contributed by atoms with Crippen molar-refractivity contribution in [1.82, 2.24) is 9.55 Å². The Morgan fingerprint density at radius 3 is 2.68 bits per heavy atom. The van der Waals surface area contributed by atoms with Gasteiger partial charge in [-0.15, -0.1) is 0 Å². The van der Waals surface area contributed by atoms with E-state index in [-0.39, 0.29) is 5.69 Å². The standard InChI is InChI=1S/C15H16N2O2/c18-15(19)13-12-9-5-2-6-10-17(12)14(16-13)11-7-3-1-4-8-11/h1,3-4,7-8H,2,5-6,9-10H2,(H,18,19). The maximum Gasteiger partial charge on any atom is 0.356 e. The van der Waals surface area contributed by atoms with Crippen molar-refractivity contribution in [3.63, 3.8) is 0 Å². The number of benzene rings is 1. The van der Waals surface area contributed by atoms with E-state index < -0.39 is 5.97 Å². The first-order valence-corrected chi connectivity index (χ1v) is 6.65. The third-order valence-corrected chi connectivity index (χ3v) is 3.60. The van der Waals surface area contributed by atoms with Gasteiger partial charge in [-0.05, 0) is 19.3 Å². The molecule has 4 nitrogen and oxygen atoms in total. The molecule has 3 rings (SSSR count). The largest absolute Gasteiger partial charge is 0.476 e. The predicted octanol–water partition coefficient (Wildman–Crippen LogP) is 2.97. The second kappa shape index (κ2) is 4.88. The number of hydrogen-bond donors (Lipinski definition) is 1. The van der Waals surface area contributed by atoms with Crippen molar-refractivity contribution in [3.05, 3.63) is 41.7 Å². The lowest BCUT2D eigenvalue weighted by Gasteiger charge is -2.08. The van der Waals surface area contributed by atoms with Gasteiger partial charge in [-0.2, -0.15) is 0 Å². The van der Waals surface area contributed by atoms with Crippen molar-refractivity contribution in [2.45, 2.75) is 32.2 Å². The van der Waals surface area contributed by atoms with Crippen LogP contribution < -0.4 is 0 Å². The maximum absolute atomic E-state index is 11.4. The lowest BCUT2D eigenvalue weighted by molar-refractivity contribution is 0.0689. The minimum atomic E-state index is -0.923. The average molecular weight is 256 g/mol. The van der Waals surface area contributed by atoms with Gasteiger partial charge in [0, 0.05) is 12.1 Å². The van der Waals surface area contributed by atoms with Crippen LogP contribution in [0.1, 0.15) is 35.4 Å². The van der Waals surface area contributed by atoms with Crippen LogP contribution in [-0.2, 0) is 13.0 Å². The summed E-state index contributed by atoms with van der Waals surface area (Å²) in [5, 5.41) is 9.32. The fourth-order valence-electron chi connectivity index (χ4n) is 2.70. The van der Waals surface area contributed by atoms with Crippen molar-refractivity contribution < 1.29 is 9.90 Å². The zero-order chi connectivity index (χ0) is 13.2. The highest BCUT2D eigenvalue weighted by Gasteiger charge is 2.23. The number of imidazole rings is 1. The summed E-state index contributed by atoms with van der Waals surface area (Å²) in [4.78, 5) is 15.7. The van der Waals surface area contributed by atoms with Gasteiger partial charge in [0.05, 0.1) is 5.69 Å². The second-order valence-corrected chi connectivity index (χ2v) is 4.86.